The molecule has 1 saturated heterocycles. The summed E-state index contributed by atoms with van der Waals surface area (Å²) in [6.45, 7) is 14.2. The minimum atomic E-state index is 0.302. The summed E-state index contributed by atoms with van der Waals surface area (Å²) in [5.74, 6) is 5.32. The first-order valence-electron chi connectivity index (χ1n) is 12.2. The fourth-order valence-corrected chi connectivity index (χ4v) is 8.82. The quantitative estimate of drug-likeness (QED) is 0.708. The maximum absolute atomic E-state index is 6.56. The Morgan fingerprint density at radius 3 is 2.83 bits per heavy atom. The topological polar surface area (TPSA) is 57.9 Å². The van der Waals surface area contributed by atoms with Crippen molar-refractivity contribution < 1.29 is 0 Å². The lowest BCUT2D eigenvalue weighted by Crippen LogP contribution is -2.54. The highest BCUT2D eigenvalue weighted by molar-refractivity contribution is 7.99. The van der Waals surface area contributed by atoms with Crippen molar-refractivity contribution in [3.05, 3.63) is 29.6 Å². The van der Waals surface area contributed by atoms with Crippen LogP contribution < -0.4 is 5.73 Å². The highest BCUT2D eigenvalue weighted by atomic mass is 32.2. The van der Waals surface area contributed by atoms with Gasteiger partial charge in [-0.25, -0.2) is 0 Å². The van der Waals surface area contributed by atoms with E-state index in [1.807, 2.05) is 0 Å². The molecule has 2 heterocycles. The second-order valence-corrected chi connectivity index (χ2v) is 12.3. The lowest BCUT2D eigenvalue weighted by Gasteiger charge is -2.56. The van der Waals surface area contributed by atoms with Crippen molar-refractivity contribution in [3.8, 4) is 0 Å². The minimum Gasteiger partial charge on any atom is -0.330 e. The molecule has 5 heteroatoms. The monoisotopic (exact) mass is 428 g/mol. The zero-order valence-electron chi connectivity index (χ0n) is 19.0. The third-order valence-electron chi connectivity index (χ3n) is 9.86. The van der Waals surface area contributed by atoms with Crippen LogP contribution in [0.1, 0.15) is 50.8 Å². The van der Waals surface area contributed by atoms with Crippen LogP contribution in [0.3, 0.4) is 0 Å². The number of thioether (sulfide) groups is 1. The molecule has 3 N–H and O–H groups in total. The number of hydrogen-bond donors (Lipinski definition) is 2. The van der Waals surface area contributed by atoms with Crippen LogP contribution in [0, 0.1) is 34.5 Å². The SMILES string of the molecule is C=C1CC[C@H]2[C@H](CN)[C@@H]([C@@]3(C)Cc4cn[nH]c4C[C@@H]3CN3CCSCC3)CC[C@]12C. The molecule has 30 heavy (non-hydrogen) atoms. The molecular formula is C25H40N4S. The van der Waals surface area contributed by atoms with E-state index in [-0.39, 0.29) is 0 Å². The van der Waals surface area contributed by atoms with Crippen LogP contribution in [0.15, 0.2) is 18.3 Å². The van der Waals surface area contributed by atoms with Gasteiger partial charge >= 0.3 is 0 Å². The van der Waals surface area contributed by atoms with Gasteiger partial charge in [-0.05, 0) is 85.1 Å². The summed E-state index contributed by atoms with van der Waals surface area (Å²) in [5.41, 5.74) is 11.5. The van der Waals surface area contributed by atoms with E-state index in [9.17, 15) is 0 Å². The molecule has 1 aliphatic heterocycles. The van der Waals surface area contributed by atoms with Crippen LogP contribution in [0.5, 0.6) is 0 Å². The fourth-order valence-electron chi connectivity index (χ4n) is 7.85. The molecule has 0 radical (unpaired) electrons. The van der Waals surface area contributed by atoms with Crippen LogP contribution in [-0.4, -0.2) is 52.8 Å². The molecular weight excluding hydrogens is 388 g/mol. The smallest absolute Gasteiger partial charge is 0.0522 e. The molecule has 0 aromatic carbocycles. The standard InChI is InChI=1S/C25H40N4S/c1-17-4-5-21-20(14-26)22(6-7-24(17,21)2)25(3)13-18-15-27-28-23(18)12-19(25)16-29-8-10-30-11-9-29/h15,19-22H,1,4-14,16,26H2,2-3H3,(H,27,28)/t19-,20+,21+,22+,24-,25+/m1/s1. The maximum atomic E-state index is 6.56. The maximum Gasteiger partial charge on any atom is 0.0522 e. The Morgan fingerprint density at radius 1 is 1.27 bits per heavy atom. The van der Waals surface area contributed by atoms with Crippen LogP contribution in [0.4, 0.5) is 0 Å². The molecule has 3 aliphatic carbocycles. The Labute approximate surface area is 186 Å². The normalized spacial score (nSPS) is 42.2. The minimum absolute atomic E-state index is 0.302. The predicted octanol–water partition coefficient (Wildman–Crippen LogP) is 4.14. The number of rotatable bonds is 4. The third-order valence-corrected chi connectivity index (χ3v) is 10.8. The Hall–Kier alpha value is -0.780. The van der Waals surface area contributed by atoms with Gasteiger partial charge in [-0.2, -0.15) is 16.9 Å². The van der Waals surface area contributed by atoms with Crippen LogP contribution >= 0.6 is 11.8 Å². The molecule has 1 aromatic heterocycles. The van der Waals surface area contributed by atoms with Crippen LogP contribution in [-0.2, 0) is 12.8 Å². The second-order valence-electron chi connectivity index (χ2n) is 11.1. The molecule has 0 spiro atoms. The van der Waals surface area contributed by atoms with E-state index in [0.29, 0.717) is 28.6 Å². The summed E-state index contributed by atoms with van der Waals surface area (Å²) in [4.78, 5) is 2.74. The van der Waals surface area contributed by atoms with Gasteiger partial charge in [0.05, 0.1) is 6.20 Å². The number of H-pyrrole nitrogens is 1. The lowest BCUT2D eigenvalue weighted by molar-refractivity contribution is -0.0480. The Kier molecular flexibility index (Phi) is 5.60. The van der Waals surface area contributed by atoms with Crippen molar-refractivity contribution in [2.75, 3.05) is 37.7 Å². The zero-order chi connectivity index (χ0) is 20.9. The molecule has 0 amide bonds. The molecule has 0 bridgehead atoms. The van der Waals surface area contributed by atoms with E-state index < -0.39 is 0 Å². The van der Waals surface area contributed by atoms with Gasteiger partial charge in [0.25, 0.3) is 0 Å². The summed E-state index contributed by atoms with van der Waals surface area (Å²) < 4.78 is 0. The Morgan fingerprint density at radius 2 is 2.07 bits per heavy atom. The summed E-state index contributed by atoms with van der Waals surface area (Å²) >= 11 is 2.11. The van der Waals surface area contributed by atoms with E-state index >= 15 is 0 Å². The summed E-state index contributed by atoms with van der Waals surface area (Å²) in [7, 11) is 0. The highest BCUT2D eigenvalue weighted by Crippen LogP contribution is 2.62. The van der Waals surface area contributed by atoms with Crippen molar-refractivity contribution in [1.82, 2.24) is 15.1 Å². The van der Waals surface area contributed by atoms with Gasteiger partial charge in [-0.1, -0.05) is 26.0 Å². The number of nitrogens with zero attached hydrogens (tertiary/aromatic N) is 2. The largest absolute Gasteiger partial charge is 0.330 e. The Bertz CT molecular complexity index is 784. The fraction of sp³-hybridized carbons (Fsp3) is 0.800. The van der Waals surface area contributed by atoms with Crippen LogP contribution in [0.25, 0.3) is 0 Å². The van der Waals surface area contributed by atoms with E-state index in [1.165, 1.54) is 73.7 Å². The number of allylic oxidation sites excluding steroid dienone is 1. The van der Waals surface area contributed by atoms with Crippen molar-refractivity contribution in [2.24, 2.45) is 40.2 Å². The van der Waals surface area contributed by atoms with Gasteiger partial charge in [0, 0.05) is 36.8 Å². The molecule has 1 aromatic rings. The van der Waals surface area contributed by atoms with Gasteiger partial charge in [0.15, 0.2) is 0 Å². The molecule has 0 unspecified atom stereocenters. The first kappa shape index (κ1) is 21.1. The molecule has 4 nitrogen and oxygen atoms in total. The number of aromatic amines is 1. The van der Waals surface area contributed by atoms with Crippen molar-refractivity contribution in [3.63, 3.8) is 0 Å². The molecule has 5 rings (SSSR count). The first-order valence-corrected chi connectivity index (χ1v) is 13.3. The average Bonchev–Trinajstić information content (AvgIpc) is 3.31. The van der Waals surface area contributed by atoms with Crippen molar-refractivity contribution in [2.45, 2.75) is 52.4 Å². The first-order chi connectivity index (χ1) is 14.5. The average molecular weight is 429 g/mol. The summed E-state index contributed by atoms with van der Waals surface area (Å²) in [5, 5.41) is 7.76. The zero-order valence-corrected chi connectivity index (χ0v) is 19.8. The predicted molar refractivity (Wildman–Crippen MR) is 127 cm³/mol. The molecule has 2 saturated carbocycles. The molecule has 6 atom stereocenters. The number of aromatic nitrogens is 2. The number of nitrogens with two attached hydrogens (primary N) is 1. The van der Waals surface area contributed by atoms with Gasteiger partial charge in [0.2, 0.25) is 0 Å². The number of hydrogen-bond acceptors (Lipinski definition) is 4. The molecule has 3 fully saturated rings. The van der Waals surface area contributed by atoms with Crippen molar-refractivity contribution >= 4 is 11.8 Å². The number of fused-ring (bicyclic) bond motifs is 2. The highest BCUT2D eigenvalue weighted by Gasteiger charge is 2.56. The van der Waals surface area contributed by atoms with Crippen molar-refractivity contribution in [1.29, 1.82) is 0 Å². The lowest BCUT2D eigenvalue weighted by atomic mass is 9.49. The molecule has 166 valence electrons. The molecule has 4 aliphatic rings. The summed E-state index contributed by atoms with van der Waals surface area (Å²) in [6.07, 6.45) is 9.54. The van der Waals surface area contributed by atoms with E-state index in [0.717, 1.165) is 25.3 Å². The Balaban J connectivity index is 1.46. The number of nitrogens with one attached hydrogen (secondary N) is 1. The van der Waals surface area contributed by atoms with Gasteiger partial charge in [-0.15, -0.1) is 0 Å². The van der Waals surface area contributed by atoms with Gasteiger partial charge < -0.3 is 10.6 Å². The van der Waals surface area contributed by atoms with E-state index in [2.05, 4.69) is 53.5 Å². The van der Waals surface area contributed by atoms with E-state index in [4.69, 9.17) is 5.73 Å². The van der Waals surface area contributed by atoms with Crippen LogP contribution in [0.2, 0.25) is 0 Å². The van der Waals surface area contributed by atoms with E-state index in [1.54, 1.807) is 0 Å². The second kappa shape index (κ2) is 7.97. The third kappa shape index (κ3) is 3.31. The summed E-state index contributed by atoms with van der Waals surface area (Å²) in [6, 6.07) is 0. The van der Waals surface area contributed by atoms with Gasteiger partial charge in [0.1, 0.15) is 0 Å². The van der Waals surface area contributed by atoms with Gasteiger partial charge in [-0.3, -0.25) is 5.10 Å².